The lowest BCUT2D eigenvalue weighted by Crippen LogP contribution is -2.05. The number of carbonyl (C=O) groups excluding carboxylic acids is 1. The molecule has 1 aliphatic heterocycles. The van der Waals surface area contributed by atoms with Crippen LogP contribution in [0, 0.1) is 0 Å². The van der Waals surface area contributed by atoms with Crippen LogP contribution in [0.25, 0.3) is 6.08 Å². The minimum absolute atomic E-state index is 0.219. The smallest absolute Gasteiger partial charge is 0.363 e. The summed E-state index contributed by atoms with van der Waals surface area (Å²) >= 11 is 6.17. The van der Waals surface area contributed by atoms with Crippen LogP contribution < -0.4 is 9.47 Å². The van der Waals surface area contributed by atoms with Crippen molar-refractivity contribution >= 4 is 29.5 Å². The van der Waals surface area contributed by atoms with E-state index in [1.165, 1.54) is 0 Å². The Morgan fingerprint density at radius 3 is 2.63 bits per heavy atom. The highest BCUT2D eigenvalue weighted by atomic mass is 35.5. The SMILES string of the molecule is COc1cccc(C2=NC(=Cc3cccc(OCc4ccccc4Cl)c3)C(=O)O2)c1. The minimum atomic E-state index is -0.504. The third kappa shape index (κ3) is 4.53. The van der Waals surface area contributed by atoms with Crippen LogP contribution in [0.1, 0.15) is 16.7 Å². The molecule has 0 saturated carbocycles. The number of nitrogens with zero attached hydrogens (tertiary/aromatic N) is 1. The van der Waals surface area contributed by atoms with E-state index in [9.17, 15) is 4.79 Å². The first-order valence-electron chi connectivity index (χ1n) is 9.25. The van der Waals surface area contributed by atoms with Crippen LogP contribution >= 0.6 is 11.6 Å². The van der Waals surface area contributed by atoms with Gasteiger partial charge in [-0.3, -0.25) is 0 Å². The Bertz CT molecular complexity index is 1150. The van der Waals surface area contributed by atoms with E-state index >= 15 is 0 Å². The number of ether oxygens (including phenoxy) is 3. The van der Waals surface area contributed by atoms with E-state index < -0.39 is 5.97 Å². The molecule has 1 aliphatic rings. The number of rotatable bonds is 6. The Kier molecular flexibility index (Phi) is 5.82. The van der Waals surface area contributed by atoms with Crippen LogP contribution in [0.15, 0.2) is 83.5 Å². The standard InChI is InChI=1S/C24H18ClNO4/c1-28-19-9-5-8-17(14-19)23-26-22(24(27)30-23)13-16-6-4-10-20(12-16)29-15-18-7-2-3-11-21(18)25/h2-14H,15H2,1H3. The van der Waals surface area contributed by atoms with Gasteiger partial charge in [-0.2, -0.15) is 0 Å². The number of benzene rings is 3. The third-order valence-electron chi connectivity index (χ3n) is 4.45. The summed E-state index contributed by atoms with van der Waals surface area (Å²) in [6, 6.07) is 22.1. The maximum absolute atomic E-state index is 12.3. The van der Waals surface area contributed by atoms with Crippen LogP contribution in [0.4, 0.5) is 0 Å². The molecule has 4 rings (SSSR count). The number of carbonyl (C=O) groups is 1. The molecule has 0 N–H and O–H groups in total. The van der Waals surface area contributed by atoms with E-state index in [0.717, 1.165) is 11.1 Å². The molecular formula is C24H18ClNO4. The fraction of sp³-hybridized carbons (Fsp3) is 0.0833. The summed E-state index contributed by atoms with van der Waals surface area (Å²) in [6.07, 6.45) is 1.66. The Balaban J connectivity index is 1.52. The van der Waals surface area contributed by atoms with Gasteiger partial charge in [0, 0.05) is 16.1 Å². The Hall–Kier alpha value is -3.57. The van der Waals surface area contributed by atoms with Crippen molar-refractivity contribution in [1.82, 2.24) is 0 Å². The zero-order chi connectivity index (χ0) is 20.9. The van der Waals surface area contributed by atoms with Crippen LogP contribution in [0.3, 0.4) is 0 Å². The van der Waals surface area contributed by atoms with Gasteiger partial charge in [-0.25, -0.2) is 9.79 Å². The van der Waals surface area contributed by atoms with E-state index in [-0.39, 0.29) is 11.6 Å². The minimum Gasteiger partial charge on any atom is -0.497 e. The van der Waals surface area contributed by atoms with Gasteiger partial charge < -0.3 is 14.2 Å². The van der Waals surface area contributed by atoms with E-state index in [1.807, 2.05) is 60.7 Å². The summed E-state index contributed by atoms with van der Waals surface area (Å²) in [4.78, 5) is 16.6. The number of esters is 1. The first-order chi connectivity index (χ1) is 14.6. The Morgan fingerprint density at radius 1 is 1.00 bits per heavy atom. The van der Waals surface area contributed by atoms with Gasteiger partial charge in [-0.1, -0.05) is 48.0 Å². The highest BCUT2D eigenvalue weighted by Crippen LogP contribution is 2.24. The molecule has 1 heterocycles. The van der Waals surface area contributed by atoms with E-state index in [0.29, 0.717) is 28.7 Å². The van der Waals surface area contributed by atoms with Crippen molar-refractivity contribution in [3.63, 3.8) is 0 Å². The average Bonchev–Trinajstić information content (AvgIpc) is 3.14. The number of hydrogen-bond acceptors (Lipinski definition) is 5. The third-order valence-corrected chi connectivity index (χ3v) is 4.82. The fourth-order valence-corrected chi connectivity index (χ4v) is 3.11. The second-order valence-corrected chi connectivity index (χ2v) is 6.93. The van der Waals surface area contributed by atoms with Crippen LogP contribution in [-0.4, -0.2) is 19.0 Å². The topological polar surface area (TPSA) is 57.1 Å². The van der Waals surface area contributed by atoms with Crippen LogP contribution in [0.2, 0.25) is 5.02 Å². The zero-order valence-corrected chi connectivity index (χ0v) is 16.9. The van der Waals surface area contributed by atoms with Gasteiger partial charge in [0.1, 0.15) is 18.1 Å². The molecule has 5 nitrogen and oxygen atoms in total. The number of methoxy groups -OCH3 is 1. The second kappa shape index (κ2) is 8.84. The highest BCUT2D eigenvalue weighted by Gasteiger charge is 2.24. The van der Waals surface area contributed by atoms with Gasteiger partial charge >= 0.3 is 5.97 Å². The molecule has 3 aromatic carbocycles. The van der Waals surface area contributed by atoms with Gasteiger partial charge in [0.15, 0.2) is 5.70 Å². The normalized spacial score (nSPS) is 14.4. The molecule has 0 aliphatic carbocycles. The van der Waals surface area contributed by atoms with Gasteiger partial charge in [0.25, 0.3) is 0 Å². The van der Waals surface area contributed by atoms with Crippen molar-refractivity contribution in [3.8, 4) is 11.5 Å². The number of cyclic esters (lactones) is 1. The number of halogens is 1. The lowest BCUT2D eigenvalue weighted by atomic mass is 10.2. The lowest BCUT2D eigenvalue weighted by molar-refractivity contribution is -0.129. The van der Waals surface area contributed by atoms with Gasteiger partial charge in [0.2, 0.25) is 5.90 Å². The summed E-state index contributed by atoms with van der Waals surface area (Å²) in [7, 11) is 1.58. The van der Waals surface area contributed by atoms with Crippen molar-refractivity contribution in [1.29, 1.82) is 0 Å². The lowest BCUT2D eigenvalue weighted by Gasteiger charge is -2.08. The summed E-state index contributed by atoms with van der Waals surface area (Å²) in [5, 5.41) is 0.656. The molecular weight excluding hydrogens is 402 g/mol. The maximum Gasteiger partial charge on any atom is 0.363 e. The first-order valence-corrected chi connectivity index (χ1v) is 9.63. The number of hydrogen-bond donors (Lipinski definition) is 0. The number of aliphatic imine (C=N–C) groups is 1. The van der Waals surface area contributed by atoms with Crippen molar-refractivity contribution in [2.75, 3.05) is 7.11 Å². The molecule has 0 aromatic heterocycles. The molecule has 0 unspecified atom stereocenters. The molecule has 3 aromatic rings. The molecule has 150 valence electrons. The van der Waals surface area contributed by atoms with Gasteiger partial charge in [0.05, 0.1) is 7.11 Å². The van der Waals surface area contributed by atoms with Gasteiger partial charge in [-0.15, -0.1) is 0 Å². The van der Waals surface area contributed by atoms with Crippen LogP contribution in [-0.2, 0) is 16.1 Å². The van der Waals surface area contributed by atoms with Gasteiger partial charge in [-0.05, 0) is 48.0 Å². The second-order valence-electron chi connectivity index (χ2n) is 6.52. The summed E-state index contributed by atoms with van der Waals surface area (Å²) in [5.41, 5.74) is 2.56. The summed E-state index contributed by atoms with van der Waals surface area (Å²) in [6.45, 7) is 0.347. The molecule has 30 heavy (non-hydrogen) atoms. The largest absolute Gasteiger partial charge is 0.497 e. The Morgan fingerprint density at radius 2 is 1.80 bits per heavy atom. The average molecular weight is 420 g/mol. The van der Waals surface area contributed by atoms with E-state index in [2.05, 4.69) is 4.99 Å². The molecule has 0 atom stereocenters. The van der Waals surface area contributed by atoms with Crippen molar-refractivity contribution in [2.45, 2.75) is 6.61 Å². The highest BCUT2D eigenvalue weighted by molar-refractivity contribution is 6.31. The zero-order valence-electron chi connectivity index (χ0n) is 16.2. The fourth-order valence-electron chi connectivity index (χ4n) is 2.92. The van der Waals surface area contributed by atoms with Crippen molar-refractivity contribution in [3.05, 3.63) is 100 Å². The summed E-state index contributed by atoms with van der Waals surface area (Å²) < 4.78 is 16.4. The monoisotopic (exact) mass is 419 g/mol. The predicted octanol–water partition coefficient (Wildman–Crippen LogP) is 5.27. The summed E-state index contributed by atoms with van der Waals surface area (Å²) in [5.74, 6) is 1.06. The predicted molar refractivity (Wildman–Crippen MR) is 116 cm³/mol. The maximum atomic E-state index is 12.3. The molecule has 0 fully saturated rings. The molecule has 0 saturated heterocycles. The van der Waals surface area contributed by atoms with E-state index in [1.54, 1.807) is 25.3 Å². The van der Waals surface area contributed by atoms with Crippen LogP contribution in [0.5, 0.6) is 11.5 Å². The molecule has 0 radical (unpaired) electrons. The van der Waals surface area contributed by atoms with E-state index in [4.69, 9.17) is 25.8 Å². The first kappa shape index (κ1) is 19.7. The van der Waals surface area contributed by atoms with Crippen molar-refractivity contribution in [2.24, 2.45) is 4.99 Å². The molecule has 0 spiro atoms. The Labute approximate surface area is 179 Å². The van der Waals surface area contributed by atoms with Crippen molar-refractivity contribution < 1.29 is 19.0 Å². The quantitative estimate of drug-likeness (QED) is 0.403. The molecule has 6 heteroatoms. The molecule has 0 amide bonds. The molecule has 0 bridgehead atoms.